The normalized spacial score (nSPS) is 22.8. The molecule has 1 aromatic heterocycles. The van der Waals surface area contributed by atoms with E-state index in [1.165, 1.54) is 0 Å². The van der Waals surface area contributed by atoms with Crippen LogP contribution in [-0.4, -0.2) is 55.5 Å². The number of methoxy groups -OCH3 is 2. The first kappa shape index (κ1) is 15.2. The van der Waals surface area contributed by atoms with Gasteiger partial charge < -0.3 is 19.7 Å². The second kappa shape index (κ2) is 6.97. The van der Waals surface area contributed by atoms with Crippen LogP contribution in [0.1, 0.15) is 19.5 Å². The molecule has 6 heteroatoms. The minimum Gasteiger partial charge on any atom is -0.377 e. The van der Waals surface area contributed by atoms with E-state index in [2.05, 4.69) is 34.0 Å². The van der Waals surface area contributed by atoms with Gasteiger partial charge in [0.05, 0.1) is 11.9 Å². The molecule has 112 valence electrons. The summed E-state index contributed by atoms with van der Waals surface area (Å²) in [4.78, 5) is 11.1. The Labute approximate surface area is 120 Å². The van der Waals surface area contributed by atoms with Crippen molar-refractivity contribution in [2.45, 2.75) is 38.6 Å². The first-order chi connectivity index (χ1) is 9.63. The average Bonchev–Trinajstić information content (AvgIpc) is 2.88. The maximum Gasteiger partial charge on any atom is 0.147 e. The summed E-state index contributed by atoms with van der Waals surface area (Å²) in [5.41, 5.74) is 0.950. The summed E-state index contributed by atoms with van der Waals surface area (Å²) in [6.07, 6.45) is 3.76. The molecule has 1 saturated heterocycles. The van der Waals surface area contributed by atoms with Crippen LogP contribution in [0.4, 0.5) is 5.82 Å². The van der Waals surface area contributed by atoms with E-state index in [9.17, 15) is 0 Å². The van der Waals surface area contributed by atoms with Crippen LogP contribution in [0.3, 0.4) is 0 Å². The summed E-state index contributed by atoms with van der Waals surface area (Å²) in [7, 11) is 3.43. The second-order valence-electron chi connectivity index (χ2n) is 5.36. The fraction of sp³-hybridized carbons (Fsp3) is 0.714. The van der Waals surface area contributed by atoms with E-state index >= 15 is 0 Å². The minimum atomic E-state index is 0.0826. The van der Waals surface area contributed by atoms with Crippen LogP contribution < -0.4 is 10.2 Å². The number of rotatable bonds is 6. The Hall–Kier alpha value is -1.24. The highest BCUT2D eigenvalue weighted by atomic mass is 16.5. The molecular formula is C14H24N4O2. The Morgan fingerprint density at radius 1 is 1.25 bits per heavy atom. The summed E-state index contributed by atoms with van der Waals surface area (Å²) in [5.74, 6) is 0.884. The average molecular weight is 280 g/mol. The monoisotopic (exact) mass is 280 g/mol. The Balaban J connectivity index is 2.04. The molecule has 1 aliphatic heterocycles. The zero-order chi connectivity index (χ0) is 14.5. The molecule has 1 aromatic rings. The highest BCUT2D eigenvalue weighted by Crippen LogP contribution is 2.21. The lowest BCUT2D eigenvalue weighted by atomic mass is 10.3. The van der Waals surface area contributed by atoms with Gasteiger partial charge in [-0.05, 0) is 0 Å². The van der Waals surface area contributed by atoms with E-state index in [0.29, 0.717) is 6.04 Å². The van der Waals surface area contributed by atoms with Crippen molar-refractivity contribution in [3.05, 3.63) is 18.1 Å². The van der Waals surface area contributed by atoms with Crippen molar-refractivity contribution < 1.29 is 9.47 Å². The maximum absolute atomic E-state index is 5.45. The molecule has 2 atom stereocenters. The molecule has 0 saturated carbocycles. The quantitative estimate of drug-likeness (QED) is 0.833. The SMILES string of the molecule is COC1CN(c2cncc(CNC(C)C)n2)CC1OC. The number of hydrogen-bond donors (Lipinski definition) is 1. The van der Waals surface area contributed by atoms with Crippen molar-refractivity contribution >= 4 is 5.82 Å². The lowest BCUT2D eigenvalue weighted by Crippen LogP contribution is -2.27. The molecule has 2 unspecified atom stereocenters. The van der Waals surface area contributed by atoms with E-state index in [1.807, 2.05) is 0 Å². The standard InChI is InChI=1S/C14H24N4O2/c1-10(2)16-6-11-5-15-7-14(17-11)18-8-12(19-3)13(9-18)20-4/h5,7,10,12-13,16H,6,8-9H2,1-4H3. The fourth-order valence-corrected chi connectivity index (χ4v) is 2.32. The molecule has 1 fully saturated rings. The van der Waals surface area contributed by atoms with Gasteiger partial charge in [0.15, 0.2) is 0 Å². The molecule has 0 amide bonds. The third kappa shape index (κ3) is 3.65. The number of hydrogen-bond acceptors (Lipinski definition) is 6. The van der Waals surface area contributed by atoms with Crippen molar-refractivity contribution in [1.82, 2.24) is 15.3 Å². The summed E-state index contributed by atoms with van der Waals surface area (Å²) >= 11 is 0. The number of anilines is 1. The lowest BCUT2D eigenvalue weighted by Gasteiger charge is -2.17. The number of ether oxygens (including phenoxy) is 2. The van der Waals surface area contributed by atoms with Gasteiger partial charge in [-0.15, -0.1) is 0 Å². The Morgan fingerprint density at radius 2 is 1.90 bits per heavy atom. The predicted molar refractivity (Wildman–Crippen MR) is 77.8 cm³/mol. The van der Waals surface area contributed by atoms with Crippen molar-refractivity contribution in [2.75, 3.05) is 32.2 Å². The van der Waals surface area contributed by atoms with Crippen LogP contribution in [-0.2, 0) is 16.0 Å². The van der Waals surface area contributed by atoms with E-state index in [0.717, 1.165) is 31.1 Å². The highest BCUT2D eigenvalue weighted by molar-refractivity contribution is 5.39. The molecule has 0 bridgehead atoms. The van der Waals surface area contributed by atoms with Gasteiger partial charge in [0.25, 0.3) is 0 Å². The molecule has 2 heterocycles. The van der Waals surface area contributed by atoms with Gasteiger partial charge in [-0.3, -0.25) is 4.98 Å². The van der Waals surface area contributed by atoms with E-state index < -0.39 is 0 Å². The van der Waals surface area contributed by atoms with Gasteiger partial charge in [-0.2, -0.15) is 0 Å². The summed E-state index contributed by atoms with van der Waals surface area (Å²) in [6.45, 7) is 6.53. The van der Waals surface area contributed by atoms with Gasteiger partial charge in [0.1, 0.15) is 18.0 Å². The van der Waals surface area contributed by atoms with Crippen LogP contribution in [0, 0.1) is 0 Å². The van der Waals surface area contributed by atoms with Crippen molar-refractivity contribution in [1.29, 1.82) is 0 Å². The molecule has 0 aliphatic carbocycles. The lowest BCUT2D eigenvalue weighted by molar-refractivity contribution is -0.00461. The molecule has 20 heavy (non-hydrogen) atoms. The predicted octanol–water partition coefficient (Wildman–Crippen LogP) is 0.825. The molecule has 2 rings (SSSR count). The Bertz CT molecular complexity index is 415. The highest BCUT2D eigenvalue weighted by Gasteiger charge is 2.33. The molecule has 0 radical (unpaired) electrons. The van der Waals surface area contributed by atoms with Crippen molar-refractivity contribution in [3.63, 3.8) is 0 Å². The first-order valence-corrected chi connectivity index (χ1v) is 6.99. The van der Waals surface area contributed by atoms with Crippen molar-refractivity contribution in [2.24, 2.45) is 0 Å². The third-order valence-electron chi connectivity index (χ3n) is 3.51. The smallest absolute Gasteiger partial charge is 0.147 e. The van der Waals surface area contributed by atoms with Crippen LogP contribution in [0.25, 0.3) is 0 Å². The summed E-state index contributed by atoms with van der Waals surface area (Å²) < 4.78 is 10.9. The molecule has 1 aliphatic rings. The topological polar surface area (TPSA) is 59.5 Å². The largest absolute Gasteiger partial charge is 0.377 e. The van der Waals surface area contributed by atoms with Crippen LogP contribution >= 0.6 is 0 Å². The molecule has 0 spiro atoms. The van der Waals surface area contributed by atoms with Crippen LogP contribution in [0.2, 0.25) is 0 Å². The number of aromatic nitrogens is 2. The molecule has 6 nitrogen and oxygen atoms in total. The maximum atomic E-state index is 5.45. The first-order valence-electron chi connectivity index (χ1n) is 6.99. The zero-order valence-corrected chi connectivity index (χ0v) is 12.7. The fourth-order valence-electron chi connectivity index (χ4n) is 2.32. The van der Waals surface area contributed by atoms with Crippen LogP contribution in [0.5, 0.6) is 0 Å². The van der Waals surface area contributed by atoms with Gasteiger partial charge in [-0.1, -0.05) is 13.8 Å². The second-order valence-corrected chi connectivity index (χ2v) is 5.36. The third-order valence-corrected chi connectivity index (χ3v) is 3.51. The molecule has 0 aromatic carbocycles. The van der Waals surface area contributed by atoms with E-state index in [-0.39, 0.29) is 12.2 Å². The molecule has 1 N–H and O–H groups in total. The van der Waals surface area contributed by atoms with Gasteiger partial charge in [0, 0.05) is 46.1 Å². The Morgan fingerprint density at radius 3 is 2.45 bits per heavy atom. The summed E-state index contributed by atoms with van der Waals surface area (Å²) in [6, 6.07) is 0.433. The van der Waals surface area contributed by atoms with Crippen molar-refractivity contribution in [3.8, 4) is 0 Å². The molecular weight excluding hydrogens is 256 g/mol. The summed E-state index contributed by atoms with van der Waals surface area (Å²) in [5, 5.41) is 3.35. The number of nitrogens with zero attached hydrogens (tertiary/aromatic N) is 3. The van der Waals surface area contributed by atoms with Crippen LogP contribution in [0.15, 0.2) is 12.4 Å². The van der Waals surface area contributed by atoms with E-state index in [4.69, 9.17) is 9.47 Å². The van der Waals surface area contributed by atoms with Gasteiger partial charge in [-0.25, -0.2) is 4.98 Å². The zero-order valence-electron chi connectivity index (χ0n) is 12.7. The van der Waals surface area contributed by atoms with E-state index in [1.54, 1.807) is 26.6 Å². The Kier molecular flexibility index (Phi) is 5.28. The van der Waals surface area contributed by atoms with Gasteiger partial charge in [0.2, 0.25) is 0 Å². The van der Waals surface area contributed by atoms with Gasteiger partial charge >= 0.3 is 0 Å². The minimum absolute atomic E-state index is 0.0826. The number of nitrogens with one attached hydrogen (secondary N) is 1.